The minimum absolute atomic E-state index is 0.313. The van der Waals surface area contributed by atoms with Gasteiger partial charge in [-0.25, -0.2) is 0 Å². The molecule has 0 amide bonds. The molecule has 0 unspecified atom stereocenters. The molecule has 1 heteroatoms. The number of nitrogens with one attached hydrogen (secondary N) is 1. The summed E-state index contributed by atoms with van der Waals surface area (Å²) in [5.74, 6) is 0. The van der Waals surface area contributed by atoms with Crippen LogP contribution in [0.2, 0.25) is 0 Å². The molecule has 0 spiro atoms. The highest BCUT2D eigenvalue weighted by molar-refractivity contribution is 5.18. The molecule has 0 saturated carbocycles. The summed E-state index contributed by atoms with van der Waals surface area (Å²) in [4.78, 5) is 0. The first kappa shape index (κ1) is 12.6. The second-order valence-corrected chi connectivity index (χ2v) is 4.40. The van der Waals surface area contributed by atoms with E-state index in [0.717, 1.165) is 13.0 Å². The third kappa shape index (κ3) is 3.86. The Morgan fingerprint density at radius 2 is 1.44 bits per heavy atom. The predicted molar refractivity (Wildman–Crippen MR) is 77.4 cm³/mol. The molecule has 1 atom stereocenters. The molecule has 0 aliphatic carbocycles. The maximum Gasteiger partial charge on any atom is 0.0291 e. The van der Waals surface area contributed by atoms with Crippen molar-refractivity contribution in [1.29, 1.82) is 0 Å². The Labute approximate surface area is 109 Å². The molecule has 1 N–H and O–H groups in total. The molecular formula is C17H19N. The highest BCUT2D eigenvalue weighted by atomic mass is 14.9. The molecule has 2 aromatic rings. The van der Waals surface area contributed by atoms with Gasteiger partial charge in [0.05, 0.1) is 0 Å². The van der Waals surface area contributed by atoms with Gasteiger partial charge in [0.15, 0.2) is 0 Å². The van der Waals surface area contributed by atoms with E-state index < -0.39 is 0 Å². The van der Waals surface area contributed by atoms with Crippen LogP contribution in [0.25, 0.3) is 0 Å². The maximum atomic E-state index is 3.91. The quantitative estimate of drug-likeness (QED) is 0.757. The number of hydrogen-bond donors (Lipinski definition) is 1. The molecule has 0 fully saturated rings. The van der Waals surface area contributed by atoms with Gasteiger partial charge in [0.25, 0.3) is 0 Å². The molecule has 92 valence electrons. The topological polar surface area (TPSA) is 12.0 Å². The molecule has 1 nitrogen and oxygen atoms in total. The fourth-order valence-corrected chi connectivity index (χ4v) is 1.95. The lowest BCUT2D eigenvalue weighted by atomic mass is 10.1. The van der Waals surface area contributed by atoms with Crippen LogP contribution in [0.1, 0.15) is 11.1 Å². The van der Waals surface area contributed by atoms with Crippen molar-refractivity contribution in [3.05, 3.63) is 84.4 Å². The highest BCUT2D eigenvalue weighted by Gasteiger charge is 2.04. The van der Waals surface area contributed by atoms with Gasteiger partial charge in [-0.1, -0.05) is 66.7 Å². The molecule has 18 heavy (non-hydrogen) atoms. The van der Waals surface area contributed by atoms with Gasteiger partial charge < -0.3 is 5.32 Å². The minimum atomic E-state index is 0.313. The van der Waals surface area contributed by atoms with Crippen molar-refractivity contribution in [2.75, 3.05) is 0 Å². The van der Waals surface area contributed by atoms with E-state index in [4.69, 9.17) is 0 Å². The van der Waals surface area contributed by atoms with Crippen LogP contribution in [0, 0.1) is 0 Å². The number of hydrogen-bond acceptors (Lipinski definition) is 1. The smallest absolute Gasteiger partial charge is 0.0291 e. The summed E-state index contributed by atoms with van der Waals surface area (Å²) >= 11 is 0. The zero-order valence-corrected chi connectivity index (χ0v) is 10.5. The molecular weight excluding hydrogens is 218 g/mol. The zero-order chi connectivity index (χ0) is 12.6. The average molecular weight is 237 g/mol. The van der Waals surface area contributed by atoms with Gasteiger partial charge in [-0.3, -0.25) is 0 Å². The van der Waals surface area contributed by atoms with Crippen molar-refractivity contribution in [2.24, 2.45) is 0 Å². The van der Waals surface area contributed by atoms with Crippen LogP contribution in [0.15, 0.2) is 73.3 Å². The summed E-state index contributed by atoms with van der Waals surface area (Å²) in [7, 11) is 0. The van der Waals surface area contributed by atoms with E-state index in [0.29, 0.717) is 6.04 Å². The Balaban J connectivity index is 1.88. The molecule has 0 radical (unpaired) electrons. The van der Waals surface area contributed by atoms with Crippen molar-refractivity contribution < 1.29 is 0 Å². The monoisotopic (exact) mass is 237 g/mol. The van der Waals surface area contributed by atoms with Gasteiger partial charge in [-0.15, -0.1) is 6.58 Å². The molecule has 0 heterocycles. The normalized spacial score (nSPS) is 12.0. The maximum absolute atomic E-state index is 3.91. The lowest BCUT2D eigenvalue weighted by molar-refractivity contribution is 0.590. The second kappa shape index (κ2) is 6.77. The van der Waals surface area contributed by atoms with E-state index in [-0.39, 0.29) is 0 Å². The van der Waals surface area contributed by atoms with E-state index in [1.54, 1.807) is 0 Å². The predicted octanol–water partition coefficient (Wildman–Crippen LogP) is 3.57. The van der Waals surface area contributed by atoms with E-state index in [2.05, 4.69) is 60.4 Å². The summed E-state index contributed by atoms with van der Waals surface area (Å²) in [6, 6.07) is 21.3. The van der Waals surface area contributed by atoms with Gasteiger partial charge in [-0.05, 0) is 17.5 Å². The van der Waals surface area contributed by atoms with E-state index in [9.17, 15) is 0 Å². The Morgan fingerprint density at radius 3 is 2.00 bits per heavy atom. The Morgan fingerprint density at radius 1 is 0.889 bits per heavy atom. The fraction of sp³-hybridized carbons (Fsp3) is 0.176. The number of rotatable bonds is 6. The van der Waals surface area contributed by atoms with Crippen molar-refractivity contribution >= 4 is 0 Å². The Hall–Kier alpha value is -1.86. The summed E-state index contributed by atoms with van der Waals surface area (Å²) < 4.78 is 0. The van der Waals surface area contributed by atoms with Crippen molar-refractivity contribution in [3.8, 4) is 0 Å². The Bertz CT molecular complexity index is 461. The molecule has 0 aliphatic heterocycles. The summed E-state index contributed by atoms with van der Waals surface area (Å²) in [6.45, 7) is 4.79. The molecule has 2 rings (SSSR count). The van der Waals surface area contributed by atoms with Gasteiger partial charge in [0, 0.05) is 12.6 Å². The van der Waals surface area contributed by atoms with Crippen LogP contribution in [0.3, 0.4) is 0 Å². The van der Waals surface area contributed by atoms with Gasteiger partial charge in [0.1, 0.15) is 0 Å². The van der Waals surface area contributed by atoms with Crippen LogP contribution in [0.5, 0.6) is 0 Å². The van der Waals surface area contributed by atoms with Crippen molar-refractivity contribution in [1.82, 2.24) is 5.32 Å². The molecule has 0 saturated heterocycles. The largest absolute Gasteiger partial charge is 0.306 e. The first-order valence-corrected chi connectivity index (χ1v) is 6.32. The number of benzene rings is 2. The van der Waals surface area contributed by atoms with E-state index in [1.807, 2.05) is 18.2 Å². The van der Waals surface area contributed by atoms with Crippen LogP contribution < -0.4 is 5.32 Å². The first-order valence-electron chi connectivity index (χ1n) is 6.32. The van der Waals surface area contributed by atoms with E-state index >= 15 is 0 Å². The summed E-state index contributed by atoms with van der Waals surface area (Å²) in [6.07, 6.45) is 2.97. The first-order chi connectivity index (χ1) is 8.88. The molecule has 2 aromatic carbocycles. The van der Waals surface area contributed by atoms with Gasteiger partial charge in [0.2, 0.25) is 0 Å². The van der Waals surface area contributed by atoms with Gasteiger partial charge in [-0.2, -0.15) is 0 Å². The second-order valence-electron chi connectivity index (χ2n) is 4.40. The average Bonchev–Trinajstić information content (AvgIpc) is 2.45. The van der Waals surface area contributed by atoms with Crippen LogP contribution in [-0.4, -0.2) is 6.04 Å². The highest BCUT2D eigenvalue weighted by Crippen LogP contribution is 2.05. The lowest BCUT2D eigenvalue weighted by Crippen LogP contribution is -2.28. The summed E-state index contributed by atoms with van der Waals surface area (Å²) in [5.41, 5.74) is 2.64. The Kier molecular flexibility index (Phi) is 4.74. The molecule has 0 aromatic heterocycles. The minimum Gasteiger partial charge on any atom is -0.306 e. The standard InChI is InChI=1S/C17H19N/c1-2-17(13-15-9-5-3-6-10-15)18-14-16-11-7-4-8-12-16/h2-12,17-18H,1,13-14H2/t17-/m1/s1. The van der Waals surface area contributed by atoms with E-state index in [1.165, 1.54) is 11.1 Å². The van der Waals surface area contributed by atoms with Crippen molar-refractivity contribution in [3.63, 3.8) is 0 Å². The third-order valence-electron chi connectivity index (χ3n) is 2.99. The summed E-state index contributed by atoms with van der Waals surface area (Å²) in [5, 5.41) is 3.52. The van der Waals surface area contributed by atoms with Crippen LogP contribution >= 0.6 is 0 Å². The molecule has 0 bridgehead atoms. The van der Waals surface area contributed by atoms with Gasteiger partial charge >= 0.3 is 0 Å². The zero-order valence-electron chi connectivity index (χ0n) is 10.5. The van der Waals surface area contributed by atoms with Crippen LogP contribution in [0.4, 0.5) is 0 Å². The van der Waals surface area contributed by atoms with Crippen molar-refractivity contribution in [2.45, 2.75) is 19.0 Å². The SMILES string of the molecule is C=C[C@H](Cc1ccccc1)NCc1ccccc1. The third-order valence-corrected chi connectivity index (χ3v) is 2.99. The lowest BCUT2D eigenvalue weighted by Gasteiger charge is -2.15. The van der Waals surface area contributed by atoms with Crippen LogP contribution in [-0.2, 0) is 13.0 Å². The fourth-order valence-electron chi connectivity index (χ4n) is 1.95. The molecule has 0 aliphatic rings.